The molecule has 0 aromatic rings. The number of nitrogens with one attached hydrogen (secondary N) is 1. The van der Waals surface area contributed by atoms with Gasteiger partial charge in [-0.05, 0) is 25.7 Å². The average molecular weight is 252 g/mol. The van der Waals surface area contributed by atoms with Gasteiger partial charge < -0.3 is 10.2 Å². The summed E-state index contributed by atoms with van der Waals surface area (Å²) in [5, 5.41) is 2.72. The van der Waals surface area contributed by atoms with Crippen molar-refractivity contribution in [1.29, 1.82) is 0 Å². The molecule has 0 aromatic carbocycles. The normalized spacial score (nSPS) is 26.3. The van der Waals surface area contributed by atoms with Crippen LogP contribution in [0.25, 0.3) is 0 Å². The number of carbonyl (C=O) groups excluding carboxylic acids is 2. The molecule has 1 atom stereocenters. The molecule has 1 heterocycles. The van der Waals surface area contributed by atoms with Crippen LogP contribution >= 0.6 is 0 Å². The Bertz CT molecular complexity index is 311. The Morgan fingerprint density at radius 3 is 2.72 bits per heavy atom. The summed E-state index contributed by atoms with van der Waals surface area (Å²) in [6.07, 6.45) is 8.25. The van der Waals surface area contributed by atoms with Crippen molar-refractivity contribution in [3.63, 3.8) is 0 Å². The molecular formula is C14H24N2O2. The van der Waals surface area contributed by atoms with Crippen molar-refractivity contribution >= 4 is 11.8 Å². The predicted molar refractivity (Wildman–Crippen MR) is 70.0 cm³/mol. The summed E-state index contributed by atoms with van der Waals surface area (Å²) >= 11 is 0. The molecule has 2 aliphatic rings. The molecule has 2 rings (SSSR count). The molecular weight excluding hydrogens is 228 g/mol. The van der Waals surface area contributed by atoms with Gasteiger partial charge in [0.2, 0.25) is 11.8 Å². The van der Waals surface area contributed by atoms with E-state index in [0.717, 1.165) is 18.9 Å². The van der Waals surface area contributed by atoms with Gasteiger partial charge in [-0.2, -0.15) is 0 Å². The molecule has 1 aliphatic heterocycles. The van der Waals surface area contributed by atoms with E-state index in [9.17, 15) is 9.59 Å². The van der Waals surface area contributed by atoms with Crippen LogP contribution in [0.4, 0.5) is 0 Å². The van der Waals surface area contributed by atoms with E-state index in [2.05, 4.69) is 5.32 Å². The summed E-state index contributed by atoms with van der Waals surface area (Å²) in [5.41, 5.74) is 0. The third kappa shape index (κ3) is 3.47. The van der Waals surface area contributed by atoms with Gasteiger partial charge in [-0.3, -0.25) is 9.59 Å². The Kier molecular flexibility index (Phi) is 4.61. The van der Waals surface area contributed by atoms with Gasteiger partial charge in [-0.25, -0.2) is 0 Å². The van der Waals surface area contributed by atoms with Crippen LogP contribution in [0.3, 0.4) is 0 Å². The largest absolute Gasteiger partial charge is 0.345 e. The van der Waals surface area contributed by atoms with Gasteiger partial charge in [0.25, 0.3) is 0 Å². The molecule has 0 radical (unpaired) electrons. The van der Waals surface area contributed by atoms with E-state index in [1.165, 1.54) is 32.1 Å². The van der Waals surface area contributed by atoms with E-state index in [1.807, 2.05) is 4.90 Å². The first-order valence-electron chi connectivity index (χ1n) is 7.25. The van der Waals surface area contributed by atoms with Gasteiger partial charge in [-0.1, -0.05) is 25.7 Å². The monoisotopic (exact) mass is 252 g/mol. The van der Waals surface area contributed by atoms with E-state index in [4.69, 9.17) is 0 Å². The Morgan fingerprint density at radius 2 is 2.00 bits per heavy atom. The SMILES string of the molecule is CC1NC(=O)CCN(CCCC2CCCC2)C1=O. The summed E-state index contributed by atoms with van der Waals surface area (Å²) < 4.78 is 0. The fourth-order valence-corrected chi connectivity index (χ4v) is 3.09. The van der Waals surface area contributed by atoms with Gasteiger partial charge in [0.15, 0.2) is 0 Å². The van der Waals surface area contributed by atoms with Gasteiger partial charge in [-0.15, -0.1) is 0 Å². The molecule has 4 nitrogen and oxygen atoms in total. The summed E-state index contributed by atoms with van der Waals surface area (Å²) in [6.45, 7) is 3.17. The average Bonchev–Trinajstić information content (AvgIpc) is 2.81. The smallest absolute Gasteiger partial charge is 0.244 e. The molecule has 1 unspecified atom stereocenters. The van der Waals surface area contributed by atoms with Gasteiger partial charge in [0, 0.05) is 19.5 Å². The van der Waals surface area contributed by atoms with E-state index in [0.29, 0.717) is 13.0 Å². The maximum absolute atomic E-state index is 12.0. The molecule has 2 fully saturated rings. The summed E-state index contributed by atoms with van der Waals surface area (Å²) in [7, 11) is 0. The highest BCUT2D eigenvalue weighted by molar-refractivity contribution is 5.89. The van der Waals surface area contributed by atoms with Crippen molar-refractivity contribution in [2.75, 3.05) is 13.1 Å². The quantitative estimate of drug-likeness (QED) is 0.828. The van der Waals surface area contributed by atoms with Crippen LogP contribution < -0.4 is 5.32 Å². The second-order valence-corrected chi connectivity index (χ2v) is 5.66. The standard InChI is InChI=1S/C14H24N2O2/c1-11-14(18)16(10-8-13(17)15-11)9-4-7-12-5-2-3-6-12/h11-12H,2-10H2,1H3,(H,15,17). The van der Waals surface area contributed by atoms with Crippen LogP contribution in [0.1, 0.15) is 51.9 Å². The fourth-order valence-electron chi connectivity index (χ4n) is 3.09. The molecule has 0 spiro atoms. The number of carbonyl (C=O) groups is 2. The lowest BCUT2D eigenvalue weighted by Crippen LogP contribution is -2.42. The molecule has 4 heteroatoms. The highest BCUT2D eigenvalue weighted by atomic mass is 16.2. The Labute approximate surface area is 109 Å². The Balaban J connectivity index is 1.76. The highest BCUT2D eigenvalue weighted by Gasteiger charge is 2.26. The second kappa shape index (κ2) is 6.21. The number of nitrogens with zero attached hydrogens (tertiary/aromatic N) is 1. The van der Waals surface area contributed by atoms with Crippen molar-refractivity contribution in [3.05, 3.63) is 0 Å². The van der Waals surface area contributed by atoms with E-state index in [1.54, 1.807) is 6.92 Å². The second-order valence-electron chi connectivity index (χ2n) is 5.66. The lowest BCUT2D eigenvalue weighted by molar-refractivity contribution is -0.133. The molecule has 1 aliphatic carbocycles. The van der Waals surface area contributed by atoms with Crippen molar-refractivity contribution in [2.24, 2.45) is 5.92 Å². The lowest BCUT2D eigenvalue weighted by Gasteiger charge is -2.22. The number of rotatable bonds is 4. The van der Waals surface area contributed by atoms with Gasteiger partial charge in [0.1, 0.15) is 6.04 Å². The molecule has 2 amide bonds. The Hall–Kier alpha value is -1.06. The third-order valence-electron chi connectivity index (χ3n) is 4.18. The molecule has 1 saturated carbocycles. The summed E-state index contributed by atoms with van der Waals surface area (Å²) in [4.78, 5) is 25.3. The van der Waals surface area contributed by atoms with Crippen LogP contribution in [0.2, 0.25) is 0 Å². The van der Waals surface area contributed by atoms with Crippen LogP contribution in [0, 0.1) is 5.92 Å². The summed E-state index contributed by atoms with van der Waals surface area (Å²) in [6, 6.07) is -0.355. The minimum absolute atomic E-state index is 0.00542. The maximum Gasteiger partial charge on any atom is 0.244 e. The highest BCUT2D eigenvalue weighted by Crippen LogP contribution is 2.28. The van der Waals surface area contributed by atoms with Crippen LogP contribution in [-0.4, -0.2) is 35.8 Å². The third-order valence-corrected chi connectivity index (χ3v) is 4.18. The van der Waals surface area contributed by atoms with Crippen molar-refractivity contribution in [1.82, 2.24) is 10.2 Å². The minimum Gasteiger partial charge on any atom is -0.345 e. The fraction of sp³-hybridized carbons (Fsp3) is 0.857. The number of hydrogen-bond donors (Lipinski definition) is 1. The van der Waals surface area contributed by atoms with Gasteiger partial charge in [0.05, 0.1) is 0 Å². The van der Waals surface area contributed by atoms with Crippen LogP contribution in [-0.2, 0) is 9.59 Å². The van der Waals surface area contributed by atoms with Crippen LogP contribution in [0.5, 0.6) is 0 Å². The number of hydrogen-bond acceptors (Lipinski definition) is 2. The van der Waals surface area contributed by atoms with E-state index >= 15 is 0 Å². The zero-order valence-corrected chi connectivity index (χ0v) is 11.3. The molecule has 18 heavy (non-hydrogen) atoms. The molecule has 1 saturated heterocycles. The molecule has 0 aromatic heterocycles. The number of amides is 2. The van der Waals surface area contributed by atoms with E-state index < -0.39 is 0 Å². The molecule has 0 bridgehead atoms. The van der Waals surface area contributed by atoms with Gasteiger partial charge >= 0.3 is 0 Å². The lowest BCUT2D eigenvalue weighted by atomic mass is 10.0. The van der Waals surface area contributed by atoms with Crippen molar-refractivity contribution in [2.45, 2.75) is 57.9 Å². The van der Waals surface area contributed by atoms with E-state index in [-0.39, 0.29) is 17.9 Å². The predicted octanol–water partition coefficient (Wildman–Crippen LogP) is 1.69. The minimum atomic E-state index is -0.355. The van der Waals surface area contributed by atoms with Crippen molar-refractivity contribution in [3.8, 4) is 0 Å². The first-order valence-corrected chi connectivity index (χ1v) is 7.25. The Morgan fingerprint density at radius 1 is 1.28 bits per heavy atom. The first-order chi connectivity index (χ1) is 8.66. The summed E-state index contributed by atoms with van der Waals surface area (Å²) in [5.74, 6) is 0.950. The maximum atomic E-state index is 12.0. The molecule has 1 N–H and O–H groups in total. The van der Waals surface area contributed by atoms with Crippen LogP contribution in [0.15, 0.2) is 0 Å². The molecule has 102 valence electrons. The zero-order valence-electron chi connectivity index (χ0n) is 11.3. The zero-order chi connectivity index (χ0) is 13.0. The topological polar surface area (TPSA) is 49.4 Å². The first kappa shape index (κ1) is 13.4. The van der Waals surface area contributed by atoms with Crippen molar-refractivity contribution < 1.29 is 9.59 Å².